The van der Waals surface area contributed by atoms with Crippen LogP contribution in [0.3, 0.4) is 0 Å². The second kappa shape index (κ2) is 5.38. The molecule has 13 heavy (non-hydrogen) atoms. The van der Waals surface area contributed by atoms with Gasteiger partial charge in [-0.25, -0.2) is 0 Å². The van der Waals surface area contributed by atoms with E-state index in [1.165, 1.54) is 0 Å². The van der Waals surface area contributed by atoms with Crippen molar-refractivity contribution in [1.82, 2.24) is 0 Å². The van der Waals surface area contributed by atoms with Crippen LogP contribution in [-0.2, 0) is 0 Å². The molecule has 1 unspecified atom stereocenters. The Morgan fingerprint density at radius 1 is 1.38 bits per heavy atom. The highest BCUT2D eigenvalue weighted by molar-refractivity contribution is 5.21. The third kappa shape index (κ3) is 3.76. The predicted octanol–water partition coefficient (Wildman–Crippen LogP) is 2.35. The minimum atomic E-state index is -0.845. The van der Waals surface area contributed by atoms with Crippen molar-refractivity contribution in [3.05, 3.63) is 42.5 Å². The average Bonchev–Trinajstić information content (AvgIpc) is 2.16. The molecule has 1 atom stereocenters. The number of aliphatic hydroxyl groups is 1. The number of para-hydroxylation sites is 1. The van der Waals surface area contributed by atoms with E-state index in [-0.39, 0.29) is 0 Å². The Bertz CT molecular complexity index is 254. The molecule has 0 aliphatic carbocycles. The van der Waals surface area contributed by atoms with Gasteiger partial charge < -0.3 is 9.84 Å². The summed E-state index contributed by atoms with van der Waals surface area (Å²) in [5, 5.41) is 9.32. The largest absolute Gasteiger partial charge is 0.461 e. The quantitative estimate of drug-likeness (QED) is 0.566. The molecule has 1 aromatic rings. The minimum absolute atomic E-state index is 0.677. The summed E-state index contributed by atoms with van der Waals surface area (Å²) in [6.07, 6.45) is 3.55. The molecular weight excluding hydrogens is 164 g/mol. The van der Waals surface area contributed by atoms with E-state index in [2.05, 4.69) is 0 Å². The standard InChI is InChI=1S/C11H14O2/c1-2-3-9-11(12)13-10-7-5-4-6-8-10/h3-9,11-12H,2H2,1H3. The van der Waals surface area contributed by atoms with Gasteiger partial charge >= 0.3 is 0 Å². The Labute approximate surface area is 78.5 Å². The van der Waals surface area contributed by atoms with E-state index in [9.17, 15) is 5.11 Å². The zero-order valence-electron chi connectivity index (χ0n) is 7.68. The van der Waals surface area contributed by atoms with Crippen molar-refractivity contribution in [2.75, 3.05) is 0 Å². The lowest BCUT2D eigenvalue weighted by Crippen LogP contribution is -2.11. The van der Waals surface area contributed by atoms with Gasteiger partial charge in [-0.3, -0.25) is 0 Å². The number of allylic oxidation sites excluding steroid dienone is 1. The molecule has 0 saturated heterocycles. The monoisotopic (exact) mass is 178 g/mol. The van der Waals surface area contributed by atoms with E-state index in [1.54, 1.807) is 6.08 Å². The van der Waals surface area contributed by atoms with Gasteiger partial charge in [-0.15, -0.1) is 0 Å². The van der Waals surface area contributed by atoms with E-state index in [0.29, 0.717) is 5.75 Å². The lowest BCUT2D eigenvalue weighted by Gasteiger charge is -2.08. The number of ether oxygens (including phenoxy) is 1. The van der Waals surface area contributed by atoms with Gasteiger partial charge in [-0.1, -0.05) is 31.2 Å². The first-order valence-electron chi connectivity index (χ1n) is 4.39. The number of benzene rings is 1. The summed E-state index contributed by atoms with van der Waals surface area (Å²) >= 11 is 0. The molecule has 0 spiro atoms. The molecule has 0 aliphatic rings. The van der Waals surface area contributed by atoms with Crippen molar-refractivity contribution in [2.45, 2.75) is 19.6 Å². The van der Waals surface area contributed by atoms with Gasteiger partial charge in [0.05, 0.1) is 0 Å². The Balaban J connectivity index is 2.45. The van der Waals surface area contributed by atoms with Crippen LogP contribution >= 0.6 is 0 Å². The Hall–Kier alpha value is -1.28. The molecule has 0 amide bonds. The second-order valence-corrected chi connectivity index (χ2v) is 2.66. The third-order valence-corrected chi connectivity index (χ3v) is 1.54. The van der Waals surface area contributed by atoms with Crippen LogP contribution in [0.15, 0.2) is 42.5 Å². The maximum absolute atomic E-state index is 9.32. The second-order valence-electron chi connectivity index (χ2n) is 2.66. The molecule has 2 nitrogen and oxygen atoms in total. The number of rotatable bonds is 4. The molecule has 0 aromatic heterocycles. The summed E-state index contributed by atoms with van der Waals surface area (Å²) in [4.78, 5) is 0. The van der Waals surface area contributed by atoms with Crippen molar-refractivity contribution < 1.29 is 9.84 Å². The summed E-state index contributed by atoms with van der Waals surface area (Å²) in [5.74, 6) is 0.677. The Morgan fingerprint density at radius 2 is 2.08 bits per heavy atom. The van der Waals surface area contributed by atoms with Gasteiger partial charge in [-0.2, -0.15) is 0 Å². The van der Waals surface area contributed by atoms with Gasteiger partial charge in [0, 0.05) is 0 Å². The fourth-order valence-corrected chi connectivity index (χ4v) is 0.930. The van der Waals surface area contributed by atoms with Crippen LogP contribution in [0.2, 0.25) is 0 Å². The normalized spacial score (nSPS) is 13.1. The topological polar surface area (TPSA) is 29.5 Å². The molecule has 1 rings (SSSR count). The average molecular weight is 178 g/mol. The molecule has 1 aromatic carbocycles. The van der Waals surface area contributed by atoms with Crippen molar-refractivity contribution in [3.63, 3.8) is 0 Å². The first-order valence-corrected chi connectivity index (χ1v) is 4.39. The van der Waals surface area contributed by atoms with Crippen LogP contribution in [0.1, 0.15) is 13.3 Å². The maximum atomic E-state index is 9.32. The first-order chi connectivity index (χ1) is 6.33. The van der Waals surface area contributed by atoms with Gasteiger partial charge in [0.25, 0.3) is 0 Å². The van der Waals surface area contributed by atoms with Crippen molar-refractivity contribution >= 4 is 0 Å². The van der Waals surface area contributed by atoms with Gasteiger partial charge in [0.1, 0.15) is 5.75 Å². The highest BCUT2D eigenvalue weighted by Gasteiger charge is 1.98. The maximum Gasteiger partial charge on any atom is 0.217 e. The molecule has 0 bridgehead atoms. The minimum Gasteiger partial charge on any atom is -0.461 e. The van der Waals surface area contributed by atoms with E-state index >= 15 is 0 Å². The van der Waals surface area contributed by atoms with E-state index < -0.39 is 6.29 Å². The van der Waals surface area contributed by atoms with E-state index in [0.717, 1.165) is 6.42 Å². The molecule has 2 heteroatoms. The summed E-state index contributed by atoms with van der Waals surface area (Å²) in [7, 11) is 0. The predicted molar refractivity (Wildman–Crippen MR) is 52.5 cm³/mol. The van der Waals surface area contributed by atoms with Crippen molar-refractivity contribution in [2.24, 2.45) is 0 Å². The van der Waals surface area contributed by atoms with Gasteiger partial charge in [0.2, 0.25) is 6.29 Å². The fraction of sp³-hybridized carbons (Fsp3) is 0.273. The highest BCUT2D eigenvalue weighted by atomic mass is 16.6. The molecular formula is C11H14O2. The van der Waals surface area contributed by atoms with E-state index in [1.807, 2.05) is 43.3 Å². The third-order valence-electron chi connectivity index (χ3n) is 1.54. The number of hydrogen-bond acceptors (Lipinski definition) is 2. The van der Waals surface area contributed by atoms with Crippen LogP contribution < -0.4 is 4.74 Å². The van der Waals surface area contributed by atoms with Crippen molar-refractivity contribution in [1.29, 1.82) is 0 Å². The fourth-order valence-electron chi connectivity index (χ4n) is 0.930. The lowest BCUT2D eigenvalue weighted by molar-refractivity contribution is 0.0246. The molecule has 0 saturated carbocycles. The Morgan fingerprint density at radius 3 is 2.69 bits per heavy atom. The zero-order chi connectivity index (χ0) is 9.52. The van der Waals surface area contributed by atoms with Crippen LogP contribution in [0, 0.1) is 0 Å². The summed E-state index contributed by atoms with van der Waals surface area (Å²) in [6, 6.07) is 9.25. The number of aliphatic hydroxyl groups excluding tert-OH is 1. The van der Waals surface area contributed by atoms with E-state index in [4.69, 9.17) is 4.74 Å². The lowest BCUT2D eigenvalue weighted by atomic mass is 10.3. The zero-order valence-corrected chi connectivity index (χ0v) is 7.68. The van der Waals surface area contributed by atoms with Crippen molar-refractivity contribution in [3.8, 4) is 5.75 Å². The molecule has 0 fully saturated rings. The molecule has 0 aliphatic heterocycles. The highest BCUT2D eigenvalue weighted by Crippen LogP contribution is 2.10. The van der Waals surface area contributed by atoms with Crippen LogP contribution in [-0.4, -0.2) is 11.4 Å². The van der Waals surface area contributed by atoms with Gasteiger partial charge in [-0.05, 0) is 24.6 Å². The van der Waals surface area contributed by atoms with Gasteiger partial charge in [0.15, 0.2) is 0 Å². The van der Waals surface area contributed by atoms with Crippen LogP contribution in [0.5, 0.6) is 5.75 Å². The summed E-state index contributed by atoms with van der Waals surface area (Å²) < 4.78 is 5.19. The van der Waals surface area contributed by atoms with Crippen LogP contribution in [0.4, 0.5) is 0 Å². The molecule has 0 radical (unpaired) electrons. The smallest absolute Gasteiger partial charge is 0.217 e. The summed E-state index contributed by atoms with van der Waals surface area (Å²) in [6.45, 7) is 2.01. The molecule has 1 N–H and O–H groups in total. The molecule has 70 valence electrons. The Kier molecular flexibility index (Phi) is 4.06. The molecule has 0 heterocycles. The van der Waals surface area contributed by atoms with Crippen LogP contribution in [0.25, 0.3) is 0 Å². The summed E-state index contributed by atoms with van der Waals surface area (Å²) in [5.41, 5.74) is 0. The number of hydrogen-bond donors (Lipinski definition) is 1. The SMILES string of the molecule is CCC=CC(O)Oc1ccccc1. The first kappa shape index (κ1) is 9.81.